The second-order valence-electron chi connectivity index (χ2n) is 5.96. The Morgan fingerprint density at radius 2 is 2.08 bits per heavy atom. The number of nitrogens with zero attached hydrogens (tertiary/aromatic N) is 2. The van der Waals surface area contributed by atoms with Crippen molar-refractivity contribution in [3.63, 3.8) is 0 Å². The molecule has 0 bridgehead atoms. The molecule has 2 heterocycles. The van der Waals surface area contributed by atoms with Gasteiger partial charge in [-0.05, 0) is 35.8 Å². The molecule has 0 amide bonds. The van der Waals surface area contributed by atoms with Crippen LogP contribution in [-0.4, -0.2) is 37.4 Å². The zero-order valence-corrected chi connectivity index (χ0v) is 14.3. The molecule has 0 N–H and O–H groups in total. The van der Waals surface area contributed by atoms with Crippen LogP contribution < -0.4 is 4.74 Å². The number of hydrogen-bond acceptors (Lipinski definition) is 5. The predicted octanol–water partition coefficient (Wildman–Crippen LogP) is 2.21. The van der Waals surface area contributed by atoms with Crippen LogP contribution in [0.4, 0.5) is 0 Å². The Morgan fingerprint density at radius 3 is 2.83 bits per heavy atom. The van der Waals surface area contributed by atoms with E-state index in [-0.39, 0.29) is 12.3 Å². The average molecular weight is 346 g/mol. The van der Waals surface area contributed by atoms with E-state index in [9.17, 15) is 13.2 Å². The highest BCUT2D eigenvalue weighted by atomic mass is 32.2. The molecule has 1 aromatic carbocycles. The zero-order chi connectivity index (χ0) is 17.3. The SMILES string of the molecule is CC(C)c1cccc(OC(=O)C2=CN3CCS(=O)(=O)N=C3C=C2)c1. The first-order valence-electron chi connectivity index (χ1n) is 7.65. The maximum absolute atomic E-state index is 12.3. The summed E-state index contributed by atoms with van der Waals surface area (Å²) in [7, 11) is -3.40. The molecule has 3 rings (SSSR count). The van der Waals surface area contributed by atoms with Crippen molar-refractivity contribution >= 4 is 21.8 Å². The van der Waals surface area contributed by atoms with Crippen molar-refractivity contribution in [1.29, 1.82) is 0 Å². The Labute approximate surface area is 141 Å². The first-order chi connectivity index (χ1) is 11.3. The Hall–Kier alpha value is -2.41. The standard InChI is InChI=1S/C17H18N2O4S/c1-12(2)13-4-3-5-15(10-13)23-17(20)14-6-7-16-18-24(21,22)9-8-19(16)11-14/h3-7,10-12H,8-9H2,1-2H3. The van der Waals surface area contributed by atoms with Gasteiger partial charge in [0.15, 0.2) is 0 Å². The second-order valence-corrected chi connectivity index (χ2v) is 7.72. The Kier molecular flexibility index (Phi) is 4.28. The smallest absolute Gasteiger partial charge is 0.345 e. The van der Waals surface area contributed by atoms with E-state index in [0.717, 1.165) is 5.56 Å². The lowest BCUT2D eigenvalue weighted by Gasteiger charge is -2.26. The number of hydrogen-bond donors (Lipinski definition) is 0. The van der Waals surface area contributed by atoms with Crippen LogP contribution in [0.3, 0.4) is 0 Å². The predicted molar refractivity (Wildman–Crippen MR) is 91.3 cm³/mol. The summed E-state index contributed by atoms with van der Waals surface area (Å²) in [5.41, 5.74) is 1.44. The van der Waals surface area contributed by atoms with Gasteiger partial charge in [0.25, 0.3) is 10.0 Å². The molecule has 0 aliphatic carbocycles. The lowest BCUT2D eigenvalue weighted by atomic mass is 10.0. The maximum atomic E-state index is 12.3. The number of carbonyl (C=O) groups excluding carboxylic acids is 1. The third-order valence-electron chi connectivity index (χ3n) is 3.79. The lowest BCUT2D eigenvalue weighted by molar-refractivity contribution is -0.129. The minimum absolute atomic E-state index is 0.0698. The van der Waals surface area contributed by atoms with E-state index in [1.807, 2.05) is 18.2 Å². The summed E-state index contributed by atoms with van der Waals surface area (Å²) in [4.78, 5) is 14.0. The molecule has 0 fully saturated rings. The minimum atomic E-state index is -3.40. The van der Waals surface area contributed by atoms with Crippen LogP contribution in [0.2, 0.25) is 0 Å². The summed E-state index contributed by atoms with van der Waals surface area (Å²) < 4.78 is 32.1. The minimum Gasteiger partial charge on any atom is -0.423 e. The summed E-state index contributed by atoms with van der Waals surface area (Å²) in [6.07, 6.45) is 4.60. The van der Waals surface area contributed by atoms with Crippen molar-refractivity contribution in [2.45, 2.75) is 19.8 Å². The van der Waals surface area contributed by atoms with E-state index in [4.69, 9.17) is 4.74 Å². The van der Waals surface area contributed by atoms with Gasteiger partial charge in [-0.1, -0.05) is 26.0 Å². The van der Waals surface area contributed by atoms with E-state index >= 15 is 0 Å². The summed E-state index contributed by atoms with van der Waals surface area (Å²) in [6, 6.07) is 7.41. The van der Waals surface area contributed by atoms with E-state index in [2.05, 4.69) is 18.2 Å². The Balaban J connectivity index is 1.77. The quantitative estimate of drug-likeness (QED) is 0.619. The molecule has 0 saturated carbocycles. The number of rotatable bonds is 3. The van der Waals surface area contributed by atoms with E-state index in [0.29, 0.717) is 23.1 Å². The van der Waals surface area contributed by atoms with Gasteiger partial charge in [-0.15, -0.1) is 4.40 Å². The fraction of sp³-hybridized carbons (Fsp3) is 0.294. The monoisotopic (exact) mass is 346 g/mol. The van der Waals surface area contributed by atoms with Crippen LogP contribution in [-0.2, 0) is 14.8 Å². The highest BCUT2D eigenvalue weighted by Crippen LogP contribution is 2.22. The van der Waals surface area contributed by atoms with E-state index < -0.39 is 16.0 Å². The highest BCUT2D eigenvalue weighted by molar-refractivity contribution is 7.90. The molecule has 2 aliphatic heterocycles. The zero-order valence-electron chi connectivity index (χ0n) is 13.5. The molecule has 0 unspecified atom stereocenters. The summed E-state index contributed by atoms with van der Waals surface area (Å²) in [6.45, 7) is 4.41. The molecular weight excluding hydrogens is 328 g/mol. The summed E-state index contributed by atoms with van der Waals surface area (Å²) in [5, 5.41) is 0. The third kappa shape index (κ3) is 3.56. The molecule has 0 saturated heterocycles. The van der Waals surface area contributed by atoms with Gasteiger partial charge in [-0.25, -0.2) is 13.2 Å². The Bertz CT molecular complexity index is 866. The van der Waals surface area contributed by atoms with Crippen molar-refractivity contribution in [3.05, 3.63) is 53.8 Å². The van der Waals surface area contributed by atoms with Crippen molar-refractivity contribution < 1.29 is 17.9 Å². The number of fused-ring (bicyclic) bond motifs is 1. The molecule has 0 atom stereocenters. The molecule has 0 aromatic heterocycles. The molecule has 0 spiro atoms. The van der Waals surface area contributed by atoms with Crippen LogP contribution in [0.25, 0.3) is 0 Å². The number of sulfonamides is 1. The summed E-state index contributed by atoms with van der Waals surface area (Å²) >= 11 is 0. The first-order valence-corrected chi connectivity index (χ1v) is 9.26. The maximum Gasteiger partial charge on any atom is 0.345 e. The molecule has 2 aliphatic rings. The number of esters is 1. The lowest BCUT2D eigenvalue weighted by Crippen LogP contribution is -2.37. The van der Waals surface area contributed by atoms with Gasteiger partial charge in [0.05, 0.1) is 11.3 Å². The number of ether oxygens (including phenoxy) is 1. The molecule has 1 aromatic rings. The van der Waals surface area contributed by atoms with Crippen LogP contribution in [0.1, 0.15) is 25.3 Å². The van der Waals surface area contributed by atoms with Crippen LogP contribution in [0, 0.1) is 0 Å². The van der Waals surface area contributed by atoms with Gasteiger partial charge in [0, 0.05) is 12.7 Å². The second kappa shape index (κ2) is 6.24. The first kappa shape index (κ1) is 16.4. The van der Waals surface area contributed by atoms with Gasteiger partial charge in [0.1, 0.15) is 11.6 Å². The third-order valence-corrected chi connectivity index (χ3v) is 4.96. The van der Waals surface area contributed by atoms with Crippen molar-refractivity contribution in [2.24, 2.45) is 4.40 Å². The van der Waals surface area contributed by atoms with E-state index in [1.54, 1.807) is 17.2 Å². The fourth-order valence-electron chi connectivity index (χ4n) is 2.42. The molecule has 7 heteroatoms. The largest absolute Gasteiger partial charge is 0.423 e. The number of carbonyl (C=O) groups is 1. The topological polar surface area (TPSA) is 76.0 Å². The average Bonchev–Trinajstić information content (AvgIpc) is 2.53. The normalized spacial score (nSPS) is 18.7. The molecular formula is C17H18N2O4S. The highest BCUT2D eigenvalue weighted by Gasteiger charge is 2.25. The van der Waals surface area contributed by atoms with E-state index in [1.165, 1.54) is 12.2 Å². The van der Waals surface area contributed by atoms with Crippen molar-refractivity contribution in [3.8, 4) is 5.75 Å². The van der Waals surface area contributed by atoms with Gasteiger partial charge in [0.2, 0.25) is 0 Å². The van der Waals surface area contributed by atoms with Crippen LogP contribution >= 0.6 is 0 Å². The Morgan fingerprint density at radius 1 is 1.29 bits per heavy atom. The molecule has 6 nitrogen and oxygen atoms in total. The van der Waals surface area contributed by atoms with Gasteiger partial charge in [-0.2, -0.15) is 0 Å². The van der Waals surface area contributed by atoms with Crippen LogP contribution in [0.5, 0.6) is 5.75 Å². The van der Waals surface area contributed by atoms with Gasteiger partial charge >= 0.3 is 5.97 Å². The molecule has 126 valence electrons. The van der Waals surface area contributed by atoms with Crippen molar-refractivity contribution in [2.75, 3.05) is 12.3 Å². The number of amidine groups is 1. The molecule has 0 radical (unpaired) electrons. The van der Waals surface area contributed by atoms with Gasteiger partial charge < -0.3 is 9.64 Å². The van der Waals surface area contributed by atoms with Gasteiger partial charge in [-0.3, -0.25) is 0 Å². The van der Waals surface area contributed by atoms with Crippen LogP contribution in [0.15, 0.2) is 52.6 Å². The van der Waals surface area contributed by atoms with Crippen molar-refractivity contribution in [1.82, 2.24) is 4.90 Å². The number of benzene rings is 1. The fourth-order valence-corrected chi connectivity index (χ4v) is 3.39. The summed E-state index contributed by atoms with van der Waals surface area (Å²) in [5.74, 6) is 0.589. The molecule has 24 heavy (non-hydrogen) atoms.